The predicted molar refractivity (Wildman–Crippen MR) is 58.8 cm³/mol. The average Bonchev–Trinajstić information content (AvgIpc) is 1.94. The summed E-state index contributed by atoms with van der Waals surface area (Å²) in [5, 5.41) is 0. The number of rotatable bonds is 7. The Kier molecular flexibility index (Phi) is 11.1. The van der Waals surface area contributed by atoms with Crippen molar-refractivity contribution in [2.45, 2.75) is 33.1 Å². The van der Waals surface area contributed by atoms with Crippen LogP contribution in [0.4, 0.5) is 0 Å². The molecule has 13 heavy (non-hydrogen) atoms. The summed E-state index contributed by atoms with van der Waals surface area (Å²) in [5.74, 6) is 0.537. The summed E-state index contributed by atoms with van der Waals surface area (Å²) in [6.07, 6.45) is 3.92. The molecule has 4 nitrogen and oxygen atoms in total. The topological polar surface area (TPSA) is 83.6 Å². The van der Waals surface area contributed by atoms with Gasteiger partial charge in [-0.2, -0.15) is 0 Å². The molecule has 0 saturated heterocycles. The molecule has 0 heterocycles. The highest BCUT2D eigenvalue weighted by Gasteiger charge is 2.11. The van der Waals surface area contributed by atoms with Crippen LogP contribution >= 0.6 is 18.2 Å². The molecule has 82 valence electrons. The minimum Gasteiger partial charge on any atom is -0.330 e. The van der Waals surface area contributed by atoms with E-state index in [1.165, 1.54) is 0 Å². The Balaban J connectivity index is 0. The van der Waals surface area contributed by atoms with Crippen LogP contribution in [0.15, 0.2) is 0 Å². The van der Waals surface area contributed by atoms with Gasteiger partial charge in [0, 0.05) is 5.75 Å². The maximum absolute atomic E-state index is 10.4. The molecule has 0 atom stereocenters. The molecule has 0 rings (SSSR count). The molecule has 0 aliphatic rings. The second-order valence-electron chi connectivity index (χ2n) is 2.53. The van der Waals surface area contributed by atoms with Crippen molar-refractivity contribution in [2.24, 2.45) is 5.73 Å². The normalized spacial score (nSPS) is 11.0. The number of unbranched alkanes of at least 4 members (excludes halogenated alkanes) is 3. The number of nitrogens with two attached hydrogens (primary N) is 1. The molecule has 0 spiro atoms. The zero-order valence-electron chi connectivity index (χ0n) is 6.98. The van der Waals surface area contributed by atoms with Gasteiger partial charge in [-0.1, -0.05) is 20.3 Å². The molecule has 0 saturated carbocycles. The van der Waals surface area contributed by atoms with Crippen LogP contribution in [0.5, 0.6) is 0 Å². The van der Waals surface area contributed by atoms with Crippen molar-refractivity contribution < 1.29 is 14.4 Å². The molecule has 0 fully saturated rings. The largest absolute Gasteiger partial charge is 0.383 e. The van der Waals surface area contributed by atoms with E-state index in [4.69, 9.17) is 15.5 Å². The molecule has 0 aliphatic heterocycles. The van der Waals surface area contributed by atoms with E-state index >= 15 is 0 Å². The van der Waals surface area contributed by atoms with Gasteiger partial charge in [0.25, 0.3) is 0 Å². The van der Waals surface area contributed by atoms with Crippen LogP contribution in [0.3, 0.4) is 0 Å². The van der Waals surface area contributed by atoms with Crippen molar-refractivity contribution in [1.82, 2.24) is 0 Å². The summed E-state index contributed by atoms with van der Waals surface area (Å²) in [4.78, 5) is 16.9. The third-order valence-corrected chi connectivity index (χ3v) is 3.72. The molecule has 4 N–H and O–H groups in total. The smallest absolute Gasteiger partial charge is 0.330 e. The van der Waals surface area contributed by atoms with Gasteiger partial charge in [0.05, 0.1) is 0 Å². The molecule has 0 aromatic rings. The second-order valence-corrected chi connectivity index (χ2v) is 6.38. The first-order chi connectivity index (χ1) is 5.56. The van der Waals surface area contributed by atoms with Crippen LogP contribution < -0.4 is 5.73 Å². The summed E-state index contributed by atoms with van der Waals surface area (Å²) in [6.45, 7) is -3.13. The quantitative estimate of drug-likeness (QED) is 0.459. The van der Waals surface area contributed by atoms with Crippen LogP contribution in [0.25, 0.3) is 0 Å². The van der Waals surface area contributed by atoms with Crippen LogP contribution in [0.1, 0.15) is 33.1 Å². The Bertz CT molecular complexity index is 151. The Morgan fingerprint density at radius 2 is 1.69 bits per heavy atom. The molecule has 0 amide bonds. The Hall–Kier alpha value is 0.460. The van der Waals surface area contributed by atoms with Crippen molar-refractivity contribution in [1.29, 1.82) is 0 Å². The fraction of sp³-hybridized carbons (Fsp3) is 1.00. The lowest BCUT2D eigenvalue weighted by atomic mass is 10.2. The third-order valence-electron chi connectivity index (χ3n) is 1.36. The minimum absolute atomic E-state index is 0. The van der Waals surface area contributed by atoms with Crippen LogP contribution in [-0.2, 0) is 4.57 Å². The molecule has 0 aromatic heterocycles. The Morgan fingerprint density at radius 1 is 1.15 bits per heavy atom. The van der Waals surface area contributed by atoms with Crippen LogP contribution in [-0.4, -0.2) is 22.1 Å². The SMILES string of the molecule is C.NCCCCCCSP(=O)(O)O. The van der Waals surface area contributed by atoms with Gasteiger partial charge in [-0.15, -0.1) is 0 Å². The summed E-state index contributed by atoms with van der Waals surface area (Å²) in [5.41, 5.74) is 5.28. The van der Waals surface area contributed by atoms with Crippen molar-refractivity contribution in [3.05, 3.63) is 0 Å². The van der Waals surface area contributed by atoms with E-state index in [0.717, 1.165) is 37.1 Å². The van der Waals surface area contributed by atoms with Crippen LogP contribution in [0, 0.1) is 0 Å². The van der Waals surface area contributed by atoms with E-state index in [1.54, 1.807) is 0 Å². The highest BCUT2D eigenvalue weighted by Crippen LogP contribution is 2.50. The van der Waals surface area contributed by atoms with E-state index in [9.17, 15) is 4.57 Å². The molecule has 6 heteroatoms. The molecule has 0 aromatic carbocycles. The van der Waals surface area contributed by atoms with Crippen molar-refractivity contribution in [2.75, 3.05) is 12.3 Å². The van der Waals surface area contributed by atoms with Gasteiger partial charge in [0.1, 0.15) is 0 Å². The first-order valence-electron chi connectivity index (χ1n) is 3.96. The van der Waals surface area contributed by atoms with Gasteiger partial charge >= 0.3 is 6.80 Å². The summed E-state index contributed by atoms with van der Waals surface area (Å²) in [7, 11) is 0. The van der Waals surface area contributed by atoms with E-state index in [1.807, 2.05) is 0 Å². The minimum atomic E-state index is -3.83. The van der Waals surface area contributed by atoms with Gasteiger partial charge in [0.2, 0.25) is 0 Å². The molecule has 0 radical (unpaired) electrons. The highest BCUT2D eigenvalue weighted by molar-refractivity contribution is 8.54. The van der Waals surface area contributed by atoms with E-state index in [2.05, 4.69) is 0 Å². The lowest BCUT2D eigenvalue weighted by molar-refractivity contribution is 0.397. The zero-order valence-corrected chi connectivity index (χ0v) is 8.69. The summed E-state index contributed by atoms with van der Waals surface area (Å²) >= 11 is 0.727. The Morgan fingerprint density at radius 3 is 2.15 bits per heavy atom. The zero-order chi connectivity index (χ0) is 9.45. The monoisotopic (exact) mass is 229 g/mol. The van der Waals surface area contributed by atoms with Crippen molar-refractivity contribution >= 4 is 18.2 Å². The molecular weight excluding hydrogens is 209 g/mol. The third kappa shape index (κ3) is 15.2. The number of hydrogen-bond acceptors (Lipinski definition) is 3. The van der Waals surface area contributed by atoms with E-state index in [0.29, 0.717) is 12.3 Å². The molecule has 0 unspecified atom stereocenters. The first-order valence-corrected chi connectivity index (χ1v) is 7.17. The lowest BCUT2D eigenvalue weighted by Crippen LogP contribution is -1.97. The van der Waals surface area contributed by atoms with Gasteiger partial charge in [-0.05, 0) is 30.8 Å². The standard InChI is InChI=1S/C6H16NO3PS.CH4/c7-5-3-1-2-4-6-12-11(8,9)10;/h1-7H2,(H2,8,9,10);1H4. The van der Waals surface area contributed by atoms with Gasteiger partial charge in [-0.25, -0.2) is 4.57 Å². The maximum atomic E-state index is 10.4. The van der Waals surface area contributed by atoms with Crippen molar-refractivity contribution in [3.63, 3.8) is 0 Å². The fourth-order valence-corrected chi connectivity index (χ4v) is 2.46. The van der Waals surface area contributed by atoms with Gasteiger partial charge in [-0.3, -0.25) is 0 Å². The van der Waals surface area contributed by atoms with Crippen LogP contribution in [0.2, 0.25) is 0 Å². The lowest BCUT2D eigenvalue weighted by Gasteiger charge is -2.02. The van der Waals surface area contributed by atoms with Gasteiger partial charge in [0.15, 0.2) is 0 Å². The van der Waals surface area contributed by atoms with E-state index in [-0.39, 0.29) is 7.43 Å². The first kappa shape index (κ1) is 15.9. The summed E-state index contributed by atoms with van der Waals surface area (Å²) in [6, 6.07) is 0. The fourth-order valence-electron chi connectivity index (χ4n) is 0.783. The maximum Gasteiger partial charge on any atom is 0.383 e. The second kappa shape index (κ2) is 9.03. The predicted octanol–water partition coefficient (Wildman–Crippen LogP) is 1.97. The van der Waals surface area contributed by atoms with E-state index < -0.39 is 6.80 Å². The van der Waals surface area contributed by atoms with Crippen molar-refractivity contribution in [3.8, 4) is 0 Å². The summed E-state index contributed by atoms with van der Waals surface area (Å²) < 4.78 is 10.4. The number of hydrogen-bond donors (Lipinski definition) is 3. The average molecular weight is 229 g/mol. The molecule has 0 aliphatic carbocycles. The highest BCUT2D eigenvalue weighted by atomic mass is 32.7. The molecule has 0 bridgehead atoms. The molecular formula is C7H20NO3PS. The van der Waals surface area contributed by atoms with Gasteiger partial charge < -0.3 is 15.5 Å². The Labute approximate surface area is 84.2 Å².